The number of halogens is 1. The Balaban J connectivity index is 2.22. The number of fused-ring (bicyclic) bond motifs is 1. The molecule has 0 bridgehead atoms. The molecule has 3 rings (SSSR count). The van der Waals surface area contributed by atoms with Crippen LogP contribution in [-0.2, 0) is 0 Å². The first-order chi connectivity index (χ1) is 11.5. The van der Waals surface area contributed by atoms with Gasteiger partial charge in [0.2, 0.25) is 6.54 Å². The number of nitro benzene ring substituents is 1. The highest BCUT2D eigenvalue weighted by Crippen LogP contribution is 2.36. The van der Waals surface area contributed by atoms with E-state index < -0.39 is 22.3 Å². The van der Waals surface area contributed by atoms with Gasteiger partial charge in [0.15, 0.2) is 0 Å². The van der Waals surface area contributed by atoms with Crippen molar-refractivity contribution in [1.29, 1.82) is 0 Å². The van der Waals surface area contributed by atoms with Crippen molar-refractivity contribution in [3.63, 3.8) is 0 Å². The number of nitrogens with zero attached hydrogens (tertiary/aromatic N) is 2. The molecule has 0 saturated carbocycles. The van der Waals surface area contributed by atoms with Gasteiger partial charge in [0.05, 0.1) is 10.8 Å². The number of rotatable bonds is 5. The molecule has 0 spiro atoms. The van der Waals surface area contributed by atoms with Gasteiger partial charge in [0.1, 0.15) is 0 Å². The Morgan fingerprint density at radius 2 is 1.83 bits per heavy atom. The summed E-state index contributed by atoms with van der Waals surface area (Å²) in [6.45, 7) is -0.426. The van der Waals surface area contributed by atoms with Gasteiger partial charge in [-0.15, -0.1) is 0 Å². The molecule has 1 atom stereocenters. The molecule has 0 saturated heterocycles. The van der Waals surface area contributed by atoms with E-state index in [1.807, 2.05) is 18.2 Å². The fourth-order valence-electron chi connectivity index (χ4n) is 2.86. The second-order valence-corrected chi connectivity index (χ2v) is 6.23. The molecule has 0 fully saturated rings. The molecule has 3 aromatic rings. The number of para-hydroxylation sites is 1. The fraction of sp³-hybridized carbons (Fsp3) is 0.125. The monoisotopic (exact) mass is 389 g/mol. The summed E-state index contributed by atoms with van der Waals surface area (Å²) in [6, 6.07) is 11.7. The molecule has 1 aromatic heterocycles. The first-order valence-electron chi connectivity index (χ1n) is 7.09. The van der Waals surface area contributed by atoms with Crippen LogP contribution in [0.4, 0.5) is 5.69 Å². The van der Waals surface area contributed by atoms with Gasteiger partial charge in [0.25, 0.3) is 5.69 Å². The van der Waals surface area contributed by atoms with E-state index in [4.69, 9.17) is 0 Å². The molecule has 1 unspecified atom stereocenters. The van der Waals surface area contributed by atoms with Gasteiger partial charge in [-0.25, -0.2) is 0 Å². The molecule has 8 heteroatoms. The van der Waals surface area contributed by atoms with E-state index in [-0.39, 0.29) is 5.69 Å². The van der Waals surface area contributed by atoms with Crippen LogP contribution >= 0.6 is 15.9 Å². The molecule has 0 aliphatic carbocycles. The van der Waals surface area contributed by atoms with Crippen LogP contribution < -0.4 is 0 Å². The molecule has 7 nitrogen and oxygen atoms in total. The SMILES string of the molecule is O=[N+]([O-])CC(c1ccccc1[N+](=O)[O-])c1c[nH]c2ccc(Br)cc12. The molecule has 1 N–H and O–H groups in total. The van der Waals surface area contributed by atoms with Gasteiger partial charge < -0.3 is 4.98 Å². The maximum atomic E-state index is 11.3. The summed E-state index contributed by atoms with van der Waals surface area (Å²) in [6.07, 6.45) is 1.68. The maximum Gasteiger partial charge on any atom is 0.273 e. The Morgan fingerprint density at radius 1 is 1.08 bits per heavy atom. The summed E-state index contributed by atoms with van der Waals surface area (Å²) >= 11 is 3.39. The lowest BCUT2D eigenvalue weighted by Crippen LogP contribution is -2.15. The Hall–Kier alpha value is -2.74. The van der Waals surface area contributed by atoms with Gasteiger partial charge in [-0.3, -0.25) is 20.2 Å². The van der Waals surface area contributed by atoms with E-state index in [0.717, 1.165) is 15.4 Å². The summed E-state index contributed by atoms with van der Waals surface area (Å²) in [5.74, 6) is -0.718. The minimum Gasteiger partial charge on any atom is -0.361 e. The molecule has 2 aromatic carbocycles. The Kier molecular flexibility index (Phi) is 4.30. The van der Waals surface area contributed by atoms with Gasteiger partial charge >= 0.3 is 0 Å². The minimum absolute atomic E-state index is 0.117. The number of nitrogens with one attached hydrogen (secondary N) is 1. The van der Waals surface area contributed by atoms with E-state index in [9.17, 15) is 20.2 Å². The molecule has 122 valence electrons. The van der Waals surface area contributed by atoms with E-state index in [1.54, 1.807) is 24.4 Å². The van der Waals surface area contributed by atoms with Crippen LogP contribution in [0.15, 0.2) is 53.1 Å². The number of H-pyrrole nitrogens is 1. The van der Waals surface area contributed by atoms with E-state index >= 15 is 0 Å². The average Bonchev–Trinajstić information content (AvgIpc) is 2.95. The summed E-state index contributed by atoms with van der Waals surface area (Å²) in [5.41, 5.74) is 1.70. The van der Waals surface area contributed by atoms with Crippen LogP contribution in [0.5, 0.6) is 0 Å². The van der Waals surface area contributed by atoms with Crippen LogP contribution in [0.25, 0.3) is 10.9 Å². The molecule has 0 amide bonds. The largest absolute Gasteiger partial charge is 0.361 e. The van der Waals surface area contributed by atoms with Crippen LogP contribution in [0.1, 0.15) is 17.0 Å². The topological polar surface area (TPSA) is 102 Å². The molecule has 0 radical (unpaired) electrons. The van der Waals surface area contributed by atoms with Crippen molar-refractivity contribution in [2.45, 2.75) is 5.92 Å². The van der Waals surface area contributed by atoms with Crippen molar-refractivity contribution in [2.24, 2.45) is 0 Å². The Morgan fingerprint density at radius 3 is 2.54 bits per heavy atom. The van der Waals surface area contributed by atoms with Crippen LogP contribution in [-0.4, -0.2) is 21.4 Å². The molecule has 1 heterocycles. The number of benzene rings is 2. The van der Waals surface area contributed by atoms with Crippen LogP contribution in [0.3, 0.4) is 0 Å². The van der Waals surface area contributed by atoms with Crippen molar-refractivity contribution in [1.82, 2.24) is 4.98 Å². The number of hydrogen-bond donors (Lipinski definition) is 1. The van der Waals surface area contributed by atoms with Crippen molar-refractivity contribution >= 4 is 32.5 Å². The van der Waals surface area contributed by atoms with Gasteiger partial charge in [0, 0.05) is 38.1 Å². The lowest BCUT2D eigenvalue weighted by molar-refractivity contribution is -0.482. The predicted octanol–water partition coefficient (Wildman–Crippen LogP) is 4.25. The smallest absolute Gasteiger partial charge is 0.273 e. The molecule has 24 heavy (non-hydrogen) atoms. The van der Waals surface area contributed by atoms with E-state index in [1.165, 1.54) is 6.07 Å². The summed E-state index contributed by atoms with van der Waals surface area (Å²) < 4.78 is 0.832. The normalized spacial score (nSPS) is 12.2. The van der Waals surface area contributed by atoms with Crippen molar-refractivity contribution in [3.8, 4) is 0 Å². The molecular formula is C16H12BrN3O4. The lowest BCUT2D eigenvalue weighted by atomic mass is 9.90. The third kappa shape index (κ3) is 3.00. The standard InChI is InChI=1S/C16H12BrN3O4/c17-10-5-6-15-12(7-10)13(8-18-15)14(9-19(21)22)11-3-1-2-4-16(11)20(23)24/h1-8,14,18H,9H2. The second kappa shape index (κ2) is 6.40. The van der Waals surface area contributed by atoms with E-state index in [0.29, 0.717) is 11.1 Å². The first-order valence-corrected chi connectivity index (χ1v) is 7.88. The maximum absolute atomic E-state index is 11.3. The predicted molar refractivity (Wildman–Crippen MR) is 92.8 cm³/mol. The second-order valence-electron chi connectivity index (χ2n) is 5.32. The van der Waals surface area contributed by atoms with Crippen LogP contribution in [0.2, 0.25) is 0 Å². The quantitative estimate of drug-likeness (QED) is 0.520. The summed E-state index contributed by atoms with van der Waals surface area (Å²) in [4.78, 5) is 24.6. The van der Waals surface area contributed by atoms with Crippen molar-refractivity contribution < 1.29 is 9.85 Å². The third-order valence-electron chi connectivity index (χ3n) is 3.89. The highest BCUT2D eigenvalue weighted by Gasteiger charge is 2.29. The van der Waals surface area contributed by atoms with Crippen LogP contribution in [0, 0.1) is 20.2 Å². The van der Waals surface area contributed by atoms with Crippen molar-refractivity contribution in [3.05, 3.63) is 84.5 Å². The van der Waals surface area contributed by atoms with Crippen molar-refractivity contribution in [2.75, 3.05) is 6.54 Å². The Bertz CT molecular complexity index is 938. The van der Waals surface area contributed by atoms with Gasteiger partial charge in [-0.2, -0.15) is 0 Å². The van der Waals surface area contributed by atoms with Gasteiger partial charge in [-0.1, -0.05) is 34.1 Å². The fourth-order valence-corrected chi connectivity index (χ4v) is 3.23. The van der Waals surface area contributed by atoms with Gasteiger partial charge in [-0.05, 0) is 23.8 Å². The highest BCUT2D eigenvalue weighted by atomic mass is 79.9. The highest BCUT2D eigenvalue weighted by molar-refractivity contribution is 9.10. The number of aromatic nitrogens is 1. The Labute approximate surface area is 144 Å². The lowest BCUT2D eigenvalue weighted by Gasteiger charge is -2.13. The average molecular weight is 390 g/mol. The summed E-state index contributed by atoms with van der Waals surface area (Å²) in [7, 11) is 0. The zero-order chi connectivity index (χ0) is 17.3. The number of hydrogen-bond acceptors (Lipinski definition) is 4. The first kappa shape index (κ1) is 16.1. The third-order valence-corrected chi connectivity index (χ3v) is 4.38. The molecule has 0 aliphatic rings. The minimum atomic E-state index is -0.718. The number of aromatic amines is 1. The molecule has 0 aliphatic heterocycles. The molecular weight excluding hydrogens is 378 g/mol. The number of nitro groups is 2. The zero-order valence-corrected chi connectivity index (χ0v) is 13.9. The zero-order valence-electron chi connectivity index (χ0n) is 12.3. The summed E-state index contributed by atoms with van der Waals surface area (Å²) in [5, 5.41) is 23.3. The van der Waals surface area contributed by atoms with E-state index in [2.05, 4.69) is 20.9 Å².